The molecule has 1 saturated heterocycles. The summed E-state index contributed by atoms with van der Waals surface area (Å²) < 4.78 is 7.47. The molecular weight excluding hydrogens is 521 g/mol. The lowest BCUT2D eigenvalue weighted by atomic mass is 10.1. The Morgan fingerprint density at radius 1 is 1.19 bits per heavy atom. The fraction of sp³-hybridized carbons (Fsp3) is 0.524. The number of hydrogen-bond donors (Lipinski definition) is 3. The minimum Gasteiger partial charge on any atom is -0.468 e. The van der Waals surface area contributed by atoms with Crippen LogP contribution in [0.1, 0.15) is 31.1 Å². The molecule has 0 radical (unpaired) electrons. The molecule has 0 bridgehead atoms. The summed E-state index contributed by atoms with van der Waals surface area (Å²) >= 11 is 0. The monoisotopic (exact) mass is 553 g/mol. The van der Waals surface area contributed by atoms with Gasteiger partial charge in [0.2, 0.25) is 0 Å². The first-order valence-corrected chi connectivity index (χ1v) is 10.8. The Morgan fingerprint density at radius 3 is 2.78 bits per heavy atom. The standard InChI is InChI=1S/C21H31N9O.HI/c1-22-21(24-9-8-23-19-16-13-28-29(2)20(16)27-15-26-19)25-14-17(18-7-6-12-31-18)30-10-4-3-5-11-30;/h6-7,12-13,15,17H,3-5,8-11,14H2,1-2H3,(H2,22,24,25)(H,23,26,27);1H. The number of furan rings is 1. The smallest absolute Gasteiger partial charge is 0.191 e. The van der Waals surface area contributed by atoms with Gasteiger partial charge in [-0.05, 0) is 38.1 Å². The van der Waals surface area contributed by atoms with Crippen LogP contribution in [0.5, 0.6) is 0 Å². The SMILES string of the molecule is CN=C(NCCNc1ncnc2c1cnn2C)NCC(c1ccco1)N1CCCCC1.I. The molecule has 174 valence electrons. The second-order valence-corrected chi connectivity index (χ2v) is 7.66. The van der Waals surface area contributed by atoms with Gasteiger partial charge in [0.1, 0.15) is 17.9 Å². The molecule has 1 unspecified atom stereocenters. The average Bonchev–Trinajstić information content (AvgIpc) is 3.47. The molecule has 10 nitrogen and oxygen atoms in total. The number of fused-ring (bicyclic) bond motifs is 1. The summed E-state index contributed by atoms with van der Waals surface area (Å²) in [5.74, 6) is 2.55. The van der Waals surface area contributed by atoms with Crippen molar-refractivity contribution in [2.75, 3.05) is 45.1 Å². The molecule has 0 saturated carbocycles. The van der Waals surface area contributed by atoms with Gasteiger partial charge in [-0.25, -0.2) is 9.97 Å². The van der Waals surface area contributed by atoms with Crippen molar-refractivity contribution in [3.05, 3.63) is 36.7 Å². The maximum atomic E-state index is 5.73. The Hall–Kier alpha value is -2.41. The number of aliphatic imine (C=N–C) groups is 1. The van der Waals surface area contributed by atoms with Crippen molar-refractivity contribution < 1.29 is 4.42 Å². The van der Waals surface area contributed by atoms with E-state index in [1.807, 2.05) is 13.1 Å². The molecule has 0 aromatic carbocycles. The van der Waals surface area contributed by atoms with Crippen LogP contribution in [0.15, 0.2) is 40.3 Å². The van der Waals surface area contributed by atoms with Crippen LogP contribution < -0.4 is 16.0 Å². The number of hydrogen-bond acceptors (Lipinski definition) is 7. The fourth-order valence-electron chi connectivity index (χ4n) is 4.00. The van der Waals surface area contributed by atoms with E-state index >= 15 is 0 Å². The van der Waals surface area contributed by atoms with E-state index in [1.165, 1.54) is 19.3 Å². The first kappa shape index (κ1) is 24.2. The summed E-state index contributed by atoms with van der Waals surface area (Å²) in [6.45, 7) is 4.33. The fourth-order valence-corrected chi connectivity index (χ4v) is 4.00. The van der Waals surface area contributed by atoms with Gasteiger partial charge in [-0.3, -0.25) is 14.6 Å². The number of rotatable bonds is 8. The van der Waals surface area contributed by atoms with Crippen LogP contribution in [0.25, 0.3) is 11.0 Å². The maximum absolute atomic E-state index is 5.73. The van der Waals surface area contributed by atoms with E-state index in [1.54, 1.807) is 30.5 Å². The van der Waals surface area contributed by atoms with Crippen molar-refractivity contribution in [1.29, 1.82) is 0 Å². The van der Waals surface area contributed by atoms with Gasteiger partial charge < -0.3 is 20.4 Å². The molecule has 0 aliphatic carbocycles. The zero-order chi connectivity index (χ0) is 21.5. The topological polar surface area (TPSA) is 108 Å². The van der Waals surface area contributed by atoms with Gasteiger partial charge >= 0.3 is 0 Å². The largest absolute Gasteiger partial charge is 0.468 e. The van der Waals surface area contributed by atoms with E-state index in [0.29, 0.717) is 13.1 Å². The highest BCUT2D eigenvalue weighted by atomic mass is 127. The summed E-state index contributed by atoms with van der Waals surface area (Å²) in [5, 5.41) is 15.3. The molecular formula is C21H32IN9O. The van der Waals surface area contributed by atoms with Crippen molar-refractivity contribution in [1.82, 2.24) is 35.3 Å². The van der Waals surface area contributed by atoms with E-state index in [0.717, 1.165) is 48.2 Å². The van der Waals surface area contributed by atoms with Crippen LogP contribution in [0.2, 0.25) is 0 Å². The van der Waals surface area contributed by atoms with E-state index in [-0.39, 0.29) is 30.0 Å². The van der Waals surface area contributed by atoms with Gasteiger partial charge in [0.15, 0.2) is 11.6 Å². The number of nitrogens with zero attached hydrogens (tertiary/aromatic N) is 6. The lowest BCUT2D eigenvalue weighted by Crippen LogP contribution is -2.45. The molecule has 3 aromatic heterocycles. The summed E-state index contributed by atoms with van der Waals surface area (Å²) in [5.41, 5.74) is 0.810. The van der Waals surface area contributed by atoms with Crippen molar-refractivity contribution >= 4 is 46.8 Å². The Morgan fingerprint density at radius 2 is 2.03 bits per heavy atom. The molecule has 3 N–H and O–H groups in total. The first-order valence-electron chi connectivity index (χ1n) is 10.8. The Balaban J connectivity index is 0.00000289. The summed E-state index contributed by atoms with van der Waals surface area (Å²) in [6, 6.07) is 4.21. The number of nitrogens with one attached hydrogen (secondary N) is 3. The summed E-state index contributed by atoms with van der Waals surface area (Å²) in [6.07, 6.45) is 8.86. The molecule has 0 amide bonds. The van der Waals surface area contributed by atoms with Crippen molar-refractivity contribution in [2.45, 2.75) is 25.3 Å². The van der Waals surface area contributed by atoms with E-state index in [2.05, 4.69) is 47.0 Å². The summed E-state index contributed by atoms with van der Waals surface area (Å²) in [7, 11) is 3.66. The Kier molecular flexibility index (Phi) is 9.09. The minimum absolute atomic E-state index is 0. The highest BCUT2D eigenvalue weighted by Crippen LogP contribution is 2.24. The number of anilines is 1. The number of aryl methyl sites for hydroxylation is 1. The van der Waals surface area contributed by atoms with E-state index in [9.17, 15) is 0 Å². The zero-order valence-corrected chi connectivity index (χ0v) is 21.0. The number of piperidine rings is 1. The quantitative estimate of drug-likeness (QED) is 0.169. The third-order valence-electron chi connectivity index (χ3n) is 5.63. The Bertz CT molecular complexity index is 982. The summed E-state index contributed by atoms with van der Waals surface area (Å²) in [4.78, 5) is 15.5. The highest BCUT2D eigenvalue weighted by Gasteiger charge is 2.24. The Labute approximate surface area is 205 Å². The van der Waals surface area contributed by atoms with Crippen LogP contribution >= 0.6 is 24.0 Å². The lowest BCUT2D eigenvalue weighted by Gasteiger charge is -2.33. The van der Waals surface area contributed by atoms with Crippen LogP contribution in [0.3, 0.4) is 0 Å². The highest BCUT2D eigenvalue weighted by molar-refractivity contribution is 14.0. The van der Waals surface area contributed by atoms with Gasteiger partial charge in [-0.15, -0.1) is 24.0 Å². The zero-order valence-electron chi connectivity index (χ0n) is 18.6. The van der Waals surface area contributed by atoms with Crippen LogP contribution in [-0.4, -0.2) is 70.4 Å². The van der Waals surface area contributed by atoms with E-state index < -0.39 is 0 Å². The number of guanidine groups is 1. The molecule has 1 aliphatic rings. The van der Waals surface area contributed by atoms with Crippen LogP contribution in [0.4, 0.5) is 5.82 Å². The first-order chi connectivity index (χ1) is 15.3. The second kappa shape index (κ2) is 12.0. The van der Waals surface area contributed by atoms with Gasteiger partial charge in [0.05, 0.1) is 23.9 Å². The van der Waals surface area contributed by atoms with Crippen LogP contribution in [-0.2, 0) is 7.05 Å². The molecule has 1 atom stereocenters. The molecule has 4 heterocycles. The predicted octanol–water partition coefficient (Wildman–Crippen LogP) is 2.38. The normalized spacial score (nSPS) is 15.9. The maximum Gasteiger partial charge on any atom is 0.191 e. The second-order valence-electron chi connectivity index (χ2n) is 7.66. The number of halogens is 1. The van der Waals surface area contributed by atoms with Crippen LogP contribution in [0, 0.1) is 0 Å². The molecule has 3 aromatic rings. The van der Waals surface area contributed by atoms with Gasteiger partial charge in [-0.2, -0.15) is 5.10 Å². The van der Waals surface area contributed by atoms with Gasteiger partial charge in [0.25, 0.3) is 0 Å². The average molecular weight is 553 g/mol. The number of likely N-dealkylation sites (tertiary alicyclic amines) is 1. The van der Waals surface area contributed by atoms with Crippen molar-refractivity contribution in [3.63, 3.8) is 0 Å². The minimum atomic E-state index is 0. The van der Waals surface area contributed by atoms with Crippen molar-refractivity contribution in [2.24, 2.45) is 12.0 Å². The van der Waals surface area contributed by atoms with Gasteiger partial charge in [0, 0.05) is 33.7 Å². The molecule has 1 aliphatic heterocycles. The molecule has 0 spiro atoms. The van der Waals surface area contributed by atoms with Gasteiger partial charge in [-0.1, -0.05) is 6.42 Å². The van der Waals surface area contributed by atoms with E-state index in [4.69, 9.17) is 4.42 Å². The third kappa shape index (κ3) is 5.88. The molecule has 32 heavy (non-hydrogen) atoms. The number of aromatic nitrogens is 4. The van der Waals surface area contributed by atoms with Crippen molar-refractivity contribution in [3.8, 4) is 0 Å². The third-order valence-corrected chi connectivity index (χ3v) is 5.63. The molecule has 1 fully saturated rings. The predicted molar refractivity (Wildman–Crippen MR) is 136 cm³/mol. The lowest BCUT2D eigenvalue weighted by molar-refractivity contribution is 0.146. The molecule has 11 heteroatoms. The molecule has 4 rings (SSSR count).